The smallest absolute Gasteiger partial charge is 0.311 e. The van der Waals surface area contributed by atoms with Gasteiger partial charge in [-0.2, -0.15) is 0 Å². The molecule has 2 aromatic heterocycles. The van der Waals surface area contributed by atoms with E-state index in [9.17, 15) is 9.18 Å². The number of methoxy groups -OCH3 is 1. The van der Waals surface area contributed by atoms with Gasteiger partial charge in [-0.25, -0.2) is 9.37 Å². The van der Waals surface area contributed by atoms with Crippen LogP contribution in [0.1, 0.15) is 5.69 Å². The number of esters is 1. The second kappa shape index (κ2) is 6.76. The minimum Gasteiger partial charge on any atom is -0.469 e. The van der Waals surface area contributed by atoms with Crippen molar-refractivity contribution in [1.82, 2.24) is 9.38 Å². The van der Waals surface area contributed by atoms with Gasteiger partial charge in [-0.1, -0.05) is 23.7 Å². The van der Waals surface area contributed by atoms with E-state index in [2.05, 4.69) is 19.9 Å². The number of carbonyl (C=O) groups is 1. The second-order valence-corrected chi connectivity index (χ2v) is 5.27. The van der Waals surface area contributed by atoms with Gasteiger partial charge < -0.3 is 4.74 Å². The number of halogens is 2. The molecule has 3 rings (SSSR count). The molecule has 0 atom stereocenters. The lowest BCUT2D eigenvalue weighted by atomic mass is 10.3. The standard InChI is InChI=1S/C16H12ClFN4O2/c1-24-15(23)8-13-16(21-20-12-5-3-2-4-11(12)17)22-9-10(18)6-7-14(22)19-13/h2-7,9H,8H2,1H3. The summed E-state index contributed by atoms with van der Waals surface area (Å²) < 4.78 is 19.6. The molecule has 3 aromatic rings. The number of pyridine rings is 1. The molecule has 0 radical (unpaired) electrons. The number of ether oxygens (including phenoxy) is 1. The number of hydrogen-bond acceptors (Lipinski definition) is 5. The van der Waals surface area contributed by atoms with Crippen molar-refractivity contribution in [2.75, 3.05) is 7.11 Å². The van der Waals surface area contributed by atoms with Gasteiger partial charge in [-0.05, 0) is 24.3 Å². The van der Waals surface area contributed by atoms with Gasteiger partial charge in [0.1, 0.15) is 17.2 Å². The summed E-state index contributed by atoms with van der Waals surface area (Å²) in [5.74, 6) is -0.693. The summed E-state index contributed by atoms with van der Waals surface area (Å²) in [5.41, 5.74) is 1.24. The zero-order chi connectivity index (χ0) is 17.1. The molecule has 24 heavy (non-hydrogen) atoms. The Kier molecular flexibility index (Phi) is 4.52. The average molecular weight is 347 g/mol. The van der Waals surface area contributed by atoms with Crippen LogP contribution in [0.2, 0.25) is 5.02 Å². The van der Waals surface area contributed by atoms with Crippen LogP contribution in [-0.2, 0) is 16.0 Å². The van der Waals surface area contributed by atoms with Crippen LogP contribution in [0.25, 0.3) is 5.65 Å². The van der Waals surface area contributed by atoms with Crippen LogP contribution in [0, 0.1) is 5.82 Å². The highest BCUT2D eigenvalue weighted by Gasteiger charge is 2.16. The predicted molar refractivity (Wildman–Crippen MR) is 86.5 cm³/mol. The first-order chi connectivity index (χ1) is 11.6. The highest BCUT2D eigenvalue weighted by molar-refractivity contribution is 6.32. The fraction of sp³-hybridized carbons (Fsp3) is 0.125. The number of aromatic nitrogens is 2. The van der Waals surface area contributed by atoms with E-state index in [1.54, 1.807) is 24.3 Å². The van der Waals surface area contributed by atoms with Gasteiger partial charge in [0.15, 0.2) is 5.82 Å². The largest absolute Gasteiger partial charge is 0.469 e. The van der Waals surface area contributed by atoms with E-state index < -0.39 is 11.8 Å². The van der Waals surface area contributed by atoms with Crippen LogP contribution in [-0.4, -0.2) is 22.5 Å². The first-order valence-electron chi connectivity index (χ1n) is 6.98. The molecule has 2 heterocycles. The summed E-state index contributed by atoms with van der Waals surface area (Å²) in [4.78, 5) is 15.9. The van der Waals surface area contributed by atoms with Gasteiger partial charge >= 0.3 is 5.97 Å². The summed E-state index contributed by atoms with van der Waals surface area (Å²) in [6.45, 7) is 0. The monoisotopic (exact) mass is 346 g/mol. The molecule has 0 unspecified atom stereocenters. The van der Waals surface area contributed by atoms with Crippen molar-refractivity contribution in [3.8, 4) is 0 Å². The fourth-order valence-electron chi connectivity index (χ4n) is 2.12. The normalized spacial score (nSPS) is 11.3. The minimum absolute atomic E-state index is 0.101. The first-order valence-corrected chi connectivity index (χ1v) is 7.36. The zero-order valence-corrected chi connectivity index (χ0v) is 13.4. The summed E-state index contributed by atoms with van der Waals surface area (Å²) >= 11 is 6.04. The highest BCUT2D eigenvalue weighted by Crippen LogP contribution is 2.28. The van der Waals surface area contributed by atoms with Crippen LogP contribution in [0.5, 0.6) is 0 Å². The van der Waals surface area contributed by atoms with Crippen LogP contribution in [0.4, 0.5) is 15.9 Å². The molecule has 1 aromatic carbocycles. The Bertz CT molecular complexity index is 939. The number of fused-ring (bicyclic) bond motifs is 1. The van der Waals surface area contributed by atoms with E-state index >= 15 is 0 Å². The van der Waals surface area contributed by atoms with Crippen LogP contribution >= 0.6 is 11.6 Å². The summed E-state index contributed by atoms with van der Waals surface area (Å²) in [6.07, 6.45) is 1.13. The molecule has 8 heteroatoms. The van der Waals surface area contributed by atoms with Gasteiger partial charge in [-0.3, -0.25) is 9.20 Å². The molecule has 0 saturated carbocycles. The molecule has 0 amide bonds. The minimum atomic E-state index is -0.479. The molecule has 0 aliphatic rings. The van der Waals surface area contributed by atoms with E-state index in [1.165, 1.54) is 29.8 Å². The third-order valence-electron chi connectivity index (χ3n) is 3.27. The Hall–Kier alpha value is -2.80. The maximum absolute atomic E-state index is 13.5. The Labute approximate surface area is 141 Å². The Morgan fingerprint density at radius 3 is 2.83 bits per heavy atom. The number of hydrogen-bond donors (Lipinski definition) is 0. The second-order valence-electron chi connectivity index (χ2n) is 4.86. The van der Waals surface area contributed by atoms with Gasteiger partial charge in [0.25, 0.3) is 0 Å². The number of nitrogens with zero attached hydrogens (tertiary/aromatic N) is 4. The summed E-state index contributed by atoms with van der Waals surface area (Å²) in [7, 11) is 1.28. The van der Waals surface area contributed by atoms with E-state index in [-0.39, 0.29) is 12.2 Å². The Morgan fingerprint density at radius 1 is 1.29 bits per heavy atom. The number of imidazole rings is 1. The van der Waals surface area contributed by atoms with Crippen molar-refractivity contribution in [2.24, 2.45) is 10.2 Å². The van der Waals surface area contributed by atoms with Crippen molar-refractivity contribution in [3.05, 3.63) is 59.1 Å². The van der Waals surface area contributed by atoms with E-state index in [0.29, 0.717) is 22.1 Å². The number of benzene rings is 1. The SMILES string of the molecule is COC(=O)Cc1nc2ccc(F)cn2c1N=Nc1ccccc1Cl. The molecule has 0 bridgehead atoms. The molecule has 0 saturated heterocycles. The van der Waals surface area contributed by atoms with Crippen LogP contribution in [0.15, 0.2) is 52.8 Å². The molecule has 0 spiro atoms. The fourth-order valence-corrected chi connectivity index (χ4v) is 2.30. The lowest BCUT2D eigenvalue weighted by Crippen LogP contribution is -2.04. The highest BCUT2D eigenvalue weighted by atomic mass is 35.5. The third kappa shape index (κ3) is 3.26. The van der Waals surface area contributed by atoms with Crippen molar-refractivity contribution >= 4 is 34.7 Å². The van der Waals surface area contributed by atoms with Gasteiger partial charge in [0.2, 0.25) is 0 Å². The average Bonchev–Trinajstić information content (AvgIpc) is 2.90. The Balaban J connectivity index is 2.09. The quantitative estimate of drug-likeness (QED) is 0.523. The Morgan fingerprint density at radius 2 is 2.08 bits per heavy atom. The van der Waals surface area contributed by atoms with Crippen molar-refractivity contribution < 1.29 is 13.9 Å². The van der Waals surface area contributed by atoms with Crippen molar-refractivity contribution in [1.29, 1.82) is 0 Å². The molecule has 0 aliphatic heterocycles. The van der Waals surface area contributed by atoms with Gasteiger partial charge in [-0.15, -0.1) is 10.2 Å². The molecular formula is C16H12ClFN4O2. The van der Waals surface area contributed by atoms with Gasteiger partial charge in [0, 0.05) is 6.20 Å². The maximum Gasteiger partial charge on any atom is 0.311 e. The lowest BCUT2D eigenvalue weighted by molar-refractivity contribution is -0.139. The molecule has 0 aliphatic carbocycles. The van der Waals surface area contributed by atoms with Crippen molar-refractivity contribution in [2.45, 2.75) is 6.42 Å². The van der Waals surface area contributed by atoms with Crippen molar-refractivity contribution in [3.63, 3.8) is 0 Å². The topological polar surface area (TPSA) is 68.3 Å². The summed E-state index contributed by atoms with van der Waals surface area (Å²) in [5, 5.41) is 8.63. The van der Waals surface area contributed by atoms with E-state index in [4.69, 9.17) is 11.6 Å². The predicted octanol–water partition coefficient (Wildman–Crippen LogP) is 4.26. The number of rotatable bonds is 4. The molecular weight excluding hydrogens is 335 g/mol. The van der Waals surface area contributed by atoms with Crippen LogP contribution < -0.4 is 0 Å². The van der Waals surface area contributed by atoms with E-state index in [1.807, 2.05) is 0 Å². The van der Waals surface area contributed by atoms with E-state index in [0.717, 1.165) is 0 Å². The van der Waals surface area contributed by atoms with Gasteiger partial charge in [0.05, 0.1) is 24.2 Å². The third-order valence-corrected chi connectivity index (χ3v) is 3.59. The molecule has 0 N–H and O–H groups in total. The maximum atomic E-state index is 13.5. The van der Waals surface area contributed by atoms with Crippen LogP contribution in [0.3, 0.4) is 0 Å². The number of carbonyl (C=O) groups excluding carboxylic acids is 1. The summed E-state index contributed by atoms with van der Waals surface area (Å²) in [6, 6.07) is 9.68. The zero-order valence-electron chi connectivity index (χ0n) is 12.6. The molecule has 122 valence electrons. The number of azo groups is 1. The first kappa shape index (κ1) is 16.1. The molecule has 0 fully saturated rings. The lowest BCUT2D eigenvalue weighted by Gasteiger charge is -2.00. The molecule has 6 nitrogen and oxygen atoms in total.